The van der Waals surface area contributed by atoms with Gasteiger partial charge in [-0.05, 0) is 25.7 Å². The first-order chi connectivity index (χ1) is 5.91. The van der Waals surface area contributed by atoms with Crippen LogP contribution in [0.2, 0.25) is 0 Å². The van der Waals surface area contributed by atoms with E-state index in [9.17, 15) is 0 Å². The third-order valence-electron chi connectivity index (χ3n) is 2.88. The third-order valence-corrected chi connectivity index (χ3v) is 2.88. The van der Waals surface area contributed by atoms with Gasteiger partial charge in [-0.15, -0.1) is 0 Å². The van der Waals surface area contributed by atoms with Crippen molar-refractivity contribution >= 4 is 0 Å². The zero-order valence-corrected chi connectivity index (χ0v) is 7.68. The van der Waals surface area contributed by atoms with Gasteiger partial charge in [0, 0.05) is 12.8 Å². The van der Waals surface area contributed by atoms with Gasteiger partial charge in [-0.25, -0.2) is 0 Å². The first-order valence-corrected chi connectivity index (χ1v) is 5.19. The first-order valence-electron chi connectivity index (χ1n) is 5.19. The van der Waals surface area contributed by atoms with Crippen LogP contribution >= 0.6 is 0 Å². The fourth-order valence-electron chi connectivity index (χ4n) is 2.14. The zero-order valence-electron chi connectivity index (χ0n) is 7.68. The molecule has 1 spiro atoms. The smallest absolute Gasteiger partial charge is 0.168 e. The summed E-state index contributed by atoms with van der Waals surface area (Å²) in [6, 6.07) is 0. The third kappa shape index (κ3) is 1.80. The molecule has 2 saturated heterocycles. The lowest BCUT2D eigenvalue weighted by Gasteiger charge is -2.36. The van der Waals surface area contributed by atoms with Crippen LogP contribution in [0.5, 0.6) is 0 Å². The van der Waals surface area contributed by atoms with E-state index in [0.29, 0.717) is 0 Å². The van der Waals surface area contributed by atoms with Crippen molar-refractivity contribution < 1.29 is 9.47 Å². The second kappa shape index (κ2) is 3.75. The standard InChI is InChI=1S/C10H18O2/c1-2-6-10(11-8-4-1)7-3-5-9-12-10/h1-9H2. The molecule has 0 aromatic rings. The monoisotopic (exact) mass is 170 g/mol. The highest BCUT2D eigenvalue weighted by Crippen LogP contribution is 2.33. The molecule has 2 aliphatic rings. The minimum Gasteiger partial charge on any atom is -0.350 e. The van der Waals surface area contributed by atoms with Gasteiger partial charge in [0.15, 0.2) is 5.79 Å². The average molecular weight is 170 g/mol. The molecule has 0 aliphatic carbocycles. The van der Waals surface area contributed by atoms with Crippen LogP contribution in [0.15, 0.2) is 0 Å². The van der Waals surface area contributed by atoms with E-state index in [-0.39, 0.29) is 5.79 Å². The van der Waals surface area contributed by atoms with Crippen molar-refractivity contribution in [3.05, 3.63) is 0 Å². The topological polar surface area (TPSA) is 18.5 Å². The minimum absolute atomic E-state index is 0.158. The summed E-state index contributed by atoms with van der Waals surface area (Å²) in [5, 5.41) is 0. The van der Waals surface area contributed by atoms with Crippen LogP contribution in [-0.2, 0) is 9.47 Å². The van der Waals surface area contributed by atoms with Gasteiger partial charge in [-0.2, -0.15) is 0 Å². The van der Waals surface area contributed by atoms with Crippen molar-refractivity contribution in [1.82, 2.24) is 0 Å². The molecule has 0 bridgehead atoms. The van der Waals surface area contributed by atoms with Gasteiger partial charge in [-0.1, -0.05) is 6.42 Å². The van der Waals surface area contributed by atoms with Crippen molar-refractivity contribution in [1.29, 1.82) is 0 Å². The van der Waals surface area contributed by atoms with Crippen molar-refractivity contribution in [2.24, 2.45) is 0 Å². The van der Waals surface area contributed by atoms with E-state index in [4.69, 9.17) is 9.47 Å². The molecule has 2 heteroatoms. The van der Waals surface area contributed by atoms with Crippen molar-refractivity contribution in [2.75, 3.05) is 13.2 Å². The van der Waals surface area contributed by atoms with Crippen LogP contribution in [0.25, 0.3) is 0 Å². The quantitative estimate of drug-likeness (QED) is 0.556. The average Bonchev–Trinajstić information content (AvgIpc) is 2.33. The molecule has 1 atom stereocenters. The maximum absolute atomic E-state index is 5.81. The van der Waals surface area contributed by atoms with Crippen LogP contribution in [-0.4, -0.2) is 19.0 Å². The Kier molecular flexibility index (Phi) is 2.66. The van der Waals surface area contributed by atoms with Gasteiger partial charge >= 0.3 is 0 Å². The zero-order chi connectivity index (χ0) is 8.28. The lowest BCUT2D eigenvalue weighted by atomic mass is 10.0. The van der Waals surface area contributed by atoms with E-state index >= 15 is 0 Å². The minimum atomic E-state index is -0.158. The molecular weight excluding hydrogens is 152 g/mol. The Balaban J connectivity index is 1.95. The summed E-state index contributed by atoms with van der Waals surface area (Å²) in [6.07, 6.45) is 8.53. The van der Waals surface area contributed by atoms with Crippen LogP contribution < -0.4 is 0 Å². The van der Waals surface area contributed by atoms with E-state index in [1.165, 1.54) is 32.1 Å². The summed E-state index contributed by atoms with van der Waals surface area (Å²) in [5.74, 6) is -0.158. The normalized spacial score (nSPS) is 38.0. The number of hydrogen-bond donors (Lipinski definition) is 0. The molecule has 2 aliphatic heterocycles. The highest BCUT2D eigenvalue weighted by molar-refractivity contribution is 4.75. The van der Waals surface area contributed by atoms with Gasteiger partial charge in [-0.3, -0.25) is 0 Å². The molecule has 2 nitrogen and oxygen atoms in total. The molecule has 1 unspecified atom stereocenters. The summed E-state index contributed by atoms with van der Waals surface area (Å²) in [7, 11) is 0. The van der Waals surface area contributed by atoms with Gasteiger partial charge in [0.05, 0.1) is 13.2 Å². The molecule has 2 rings (SSSR count). The van der Waals surface area contributed by atoms with E-state index in [2.05, 4.69) is 0 Å². The second-order valence-corrected chi connectivity index (χ2v) is 3.88. The molecule has 0 aromatic heterocycles. The molecule has 70 valence electrons. The summed E-state index contributed by atoms with van der Waals surface area (Å²) < 4.78 is 11.6. The molecule has 0 aromatic carbocycles. The molecular formula is C10H18O2. The molecule has 0 radical (unpaired) electrons. The van der Waals surface area contributed by atoms with E-state index in [0.717, 1.165) is 26.1 Å². The molecule has 2 fully saturated rings. The molecule has 0 amide bonds. The Morgan fingerprint density at radius 3 is 2.00 bits per heavy atom. The summed E-state index contributed by atoms with van der Waals surface area (Å²) in [5.41, 5.74) is 0. The second-order valence-electron chi connectivity index (χ2n) is 3.88. The predicted octanol–water partition coefficient (Wildman–Crippen LogP) is 2.47. The van der Waals surface area contributed by atoms with Crippen LogP contribution in [0, 0.1) is 0 Å². The van der Waals surface area contributed by atoms with Gasteiger partial charge in [0.2, 0.25) is 0 Å². The fraction of sp³-hybridized carbons (Fsp3) is 1.00. The Labute approximate surface area is 74.2 Å². The van der Waals surface area contributed by atoms with Gasteiger partial charge in [0.1, 0.15) is 0 Å². The Morgan fingerprint density at radius 1 is 0.667 bits per heavy atom. The molecule has 2 heterocycles. The number of rotatable bonds is 0. The fourth-order valence-corrected chi connectivity index (χ4v) is 2.14. The van der Waals surface area contributed by atoms with E-state index in [1.807, 2.05) is 0 Å². The largest absolute Gasteiger partial charge is 0.350 e. The van der Waals surface area contributed by atoms with E-state index in [1.54, 1.807) is 0 Å². The van der Waals surface area contributed by atoms with Crippen molar-refractivity contribution in [3.63, 3.8) is 0 Å². The predicted molar refractivity (Wildman–Crippen MR) is 47.0 cm³/mol. The maximum Gasteiger partial charge on any atom is 0.168 e. The molecule has 12 heavy (non-hydrogen) atoms. The Morgan fingerprint density at radius 2 is 1.25 bits per heavy atom. The SMILES string of the molecule is C1CCOC2(CC1)CCCCO2. The van der Waals surface area contributed by atoms with Crippen LogP contribution in [0.1, 0.15) is 44.9 Å². The summed E-state index contributed by atoms with van der Waals surface area (Å²) in [6.45, 7) is 1.81. The lowest BCUT2D eigenvalue weighted by molar-refractivity contribution is -0.254. The van der Waals surface area contributed by atoms with Crippen LogP contribution in [0.3, 0.4) is 0 Å². The number of ether oxygens (including phenoxy) is 2. The van der Waals surface area contributed by atoms with Gasteiger partial charge < -0.3 is 9.47 Å². The summed E-state index contributed by atoms with van der Waals surface area (Å²) in [4.78, 5) is 0. The Bertz CT molecular complexity index is 129. The highest BCUT2D eigenvalue weighted by Gasteiger charge is 2.34. The van der Waals surface area contributed by atoms with Crippen molar-refractivity contribution in [3.8, 4) is 0 Å². The van der Waals surface area contributed by atoms with E-state index < -0.39 is 0 Å². The maximum atomic E-state index is 5.81. The summed E-state index contributed by atoms with van der Waals surface area (Å²) >= 11 is 0. The van der Waals surface area contributed by atoms with Crippen molar-refractivity contribution in [2.45, 2.75) is 50.7 Å². The Hall–Kier alpha value is -0.0800. The number of hydrogen-bond acceptors (Lipinski definition) is 2. The van der Waals surface area contributed by atoms with Gasteiger partial charge in [0.25, 0.3) is 0 Å². The lowest BCUT2D eigenvalue weighted by Crippen LogP contribution is -2.38. The molecule has 0 N–H and O–H groups in total. The highest BCUT2D eigenvalue weighted by atomic mass is 16.7. The first kappa shape index (κ1) is 8.52. The molecule has 0 saturated carbocycles. The van der Waals surface area contributed by atoms with Crippen LogP contribution in [0.4, 0.5) is 0 Å².